The smallest absolute Gasteiger partial charge is 0.272 e. The van der Waals surface area contributed by atoms with Gasteiger partial charge >= 0.3 is 0 Å². The van der Waals surface area contributed by atoms with Crippen molar-refractivity contribution in [2.24, 2.45) is 0 Å². The van der Waals surface area contributed by atoms with E-state index in [-0.39, 0.29) is 11.6 Å². The highest BCUT2D eigenvalue weighted by atomic mass is 32.2. The fourth-order valence-corrected chi connectivity index (χ4v) is 5.37. The molecule has 8 heteroatoms. The molecular formula is C36H30N4O3S. The first-order chi connectivity index (χ1) is 21.4. The number of nitrogens with one attached hydrogen (secondary N) is 3. The molecule has 1 aromatic heterocycles. The minimum absolute atomic E-state index is 0.0951. The van der Waals surface area contributed by atoms with Gasteiger partial charge in [-0.15, -0.1) is 11.8 Å². The molecule has 0 aliphatic rings. The minimum atomic E-state index is -0.577. The van der Waals surface area contributed by atoms with Crippen molar-refractivity contribution in [3.05, 3.63) is 162 Å². The van der Waals surface area contributed by atoms with Crippen LogP contribution in [0.4, 0.5) is 11.5 Å². The number of pyridine rings is 1. The lowest BCUT2D eigenvalue weighted by Gasteiger charge is -2.17. The highest BCUT2D eigenvalue weighted by molar-refractivity contribution is 8.00. The number of rotatable bonds is 10. The van der Waals surface area contributed by atoms with E-state index < -0.39 is 17.1 Å². The summed E-state index contributed by atoms with van der Waals surface area (Å²) in [6.07, 6.45) is 3.26. The normalized spacial score (nSPS) is 11.7. The Bertz CT molecular complexity index is 1760. The number of thioether (sulfide) groups is 1. The number of hydrogen-bond donors (Lipinski definition) is 3. The van der Waals surface area contributed by atoms with Gasteiger partial charge in [-0.05, 0) is 66.6 Å². The molecular weight excluding hydrogens is 568 g/mol. The summed E-state index contributed by atoms with van der Waals surface area (Å²) in [4.78, 5) is 44.9. The van der Waals surface area contributed by atoms with Crippen LogP contribution in [0.2, 0.25) is 0 Å². The molecule has 0 bridgehead atoms. The number of aryl methyl sites for hydroxylation is 1. The zero-order chi connectivity index (χ0) is 30.7. The van der Waals surface area contributed by atoms with Crippen molar-refractivity contribution in [1.29, 1.82) is 0 Å². The Morgan fingerprint density at radius 2 is 1.45 bits per heavy atom. The number of carbonyl (C=O) groups excluding carboxylic acids is 3. The number of aromatic nitrogens is 1. The second-order valence-electron chi connectivity index (χ2n) is 9.88. The van der Waals surface area contributed by atoms with Crippen LogP contribution in [0.3, 0.4) is 0 Å². The Morgan fingerprint density at radius 3 is 2.16 bits per heavy atom. The van der Waals surface area contributed by atoms with E-state index in [1.807, 2.05) is 85.8 Å². The molecule has 0 fully saturated rings. The van der Waals surface area contributed by atoms with Crippen LogP contribution in [0.5, 0.6) is 0 Å². The van der Waals surface area contributed by atoms with Crippen molar-refractivity contribution in [2.75, 3.05) is 10.6 Å². The largest absolute Gasteiger partial charge is 0.321 e. The summed E-state index contributed by atoms with van der Waals surface area (Å²) in [5, 5.41) is 7.99. The van der Waals surface area contributed by atoms with E-state index in [1.165, 1.54) is 11.8 Å². The molecule has 7 nitrogen and oxygen atoms in total. The van der Waals surface area contributed by atoms with Crippen LogP contribution in [0.15, 0.2) is 144 Å². The summed E-state index contributed by atoms with van der Waals surface area (Å²) in [6.45, 7) is 1.98. The maximum Gasteiger partial charge on any atom is 0.272 e. The van der Waals surface area contributed by atoms with Crippen LogP contribution >= 0.6 is 11.8 Å². The van der Waals surface area contributed by atoms with Gasteiger partial charge < -0.3 is 16.0 Å². The molecule has 0 radical (unpaired) electrons. The van der Waals surface area contributed by atoms with Gasteiger partial charge in [0.15, 0.2) is 0 Å². The van der Waals surface area contributed by atoms with Gasteiger partial charge in [-0.2, -0.15) is 0 Å². The van der Waals surface area contributed by atoms with E-state index in [1.54, 1.807) is 60.8 Å². The van der Waals surface area contributed by atoms with E-state index in [0.717, 1.165) is 21.6 Å². The van der Waals surface area contributed by atoms with Crippen molar-refractivity contribution in [1.82, 2.24) is 10.3 Å². The standard InChI is InChI=1S/C36H30N4O3S/c1-25-18-20-26(21-19-25)23-31(39-34(41)28-13-6-3-7-14-28)35(42)38-29-15-10-16-30(24-29)44-33(27-11-4-2-5-12-27)36(43)40-32-17-8-9-22-37-32/h2-24,33H,1H3,(H,38,42)(H,39,41)(H,37,40,43)/b31-23-. The second-order valence-corrected chi connectivity index (χ2v) is 11.1. The third-order valence-corrected chi connectivity index (χ3v) is 7.77. The van der Waals surface area contributed by atoms with Crippen molar-refractivity contribution < 1.29 is 14.4 Å². The van der Waals surface area contributed by atoms with Gasteiger partial charge in [-0.3, -0.25) is 14.4 Å². The SMILES string of the molecule is Cc1ccc(/C=C(\NC(=O)c2ccccc2)C(=O)Nc2cccc(SC(C(=O)Nc3ccccn3)c3ccccc3)c2)cc1. The van der Waals surface area contributed by atoms with Gasteiger partial charge in [0, 0.05) is 22.3 Å². The molecule has 1 heterocycles. The van der Waals surface area contributed by atoms with Crippen LogP contribution < -0.4 is 16.0 Å². The van der Waals surface area contributed by atoms with Gasteiger partial charge in [0.1, 0.15) is 16.8 Å². The molecule has 3 amide bonds. The van der Waals surface area contributed by atoms with E-state index >= 15 is 0 Å². The van der Waals surface area contributed by atoms with Crippen molar-refractivity contribution in [2.45, 2.75) is 17.1 Å². The molecule has 5 rings (SSSR count). The van der Waals surface area contributed by atoms with Crippen LogP contribution in [-0.2, 0) is 9.59 Å². The van der Waals surface area contributed by atoms with Gasteiger partial charge in [0.2, 0.25) is 5.91 Å². The first-order valence-electron chi connectivity index (χ1n) is 13.9. The van der Waals surface area contributed by atoms with Gasteiger partial charge in [-0.25, -0.2) is 4.98 Å². The molecule has 1 unspecified atom stereocenters. The number of nitrogens with zero attached hydrogens (tertiary/aromatic N) is 1. The fraction of sp³-hybridized carbons (Fsp3) is 0.0556. The monoisotopic (exact) mass is 598 g/mol. The zero-order valence-electron chi connectivity index (χ0n) is 23.9. The van der Waals surface area contributed by atoms with Crippen LogP contribution in [0, 0.1) is 6.92 Å². The molecule has 0 aliphatic heterocycles. The third kappa shape index (κ3) is 8.30. The second kappa shape index (κ2) is 14.6. The Kier molecular flexibility index (Phi) is 9.97. The van der Waals surface area contributed by atoms with E-state index in [2.05, 4.69) is 20.9 Å². The number of amides is 3. The van der Waals surface area contributed by atoms with Crippen LogP contribution in [-0.4, -0.2) is 22.7 Å². The predicted molar refractivity (Wildman–Crippen MR) is 176 cm³/mol. The summed E-state index contributed by atoms with van der Waals surface area (Å²) in [6, 6.07) is 38.4. The molecule has 1 atom stereocenters. The topological polar surface area (TPSA) is 100 Å². The lowest BCUT2D eigenvalue weighted by atomic mass is 10.1. The van der Waals surface area contributed by atoms with E-state index in [0.29, 0.717) is 17.1 Å². The molecule has 5 aromatic rings. The Balaban J connectivity index is 1.37. The Hall–Kier alpha value is -5.47. The molecule has 0 saturated carbocycles. The number of hydrogen-bond acceptors (Lipinski definition) is 5. The minimum Gasteiger partial charge on any atom is -0.321 e. The molecule has 0 aliphatic carbocycles. The van der Waals surface area contributed by atoms with Crippen molar-refractivity contribution >= 4 is 47.1 Å². The zero-order valence-corrected chi connectivity index (χ0v) is 24.8. The maximum atomic E-state index is 13.5. The quantitative estimate of drug-likeness (QED) is 0.116. The maximum absolute atomic E-state index is 13.5. The lowest BCUT2D eigenvalue weighted by Crippen LogP contribution is -2.30. The summed E-state index contributed by atoms with van der Waals surface area (Å²) < 4.78 is 0. The molecule has 44 heavy (non-hydrogen) atoms. The summed E-state index contributed by atoms with van der Waals surface area (Å²) in [7, 11) is 0. The molecule has 218 valence electrons. The summed E-state index contributed by atoms with van der Waals surface area (Å²) in [5.41, 5.74) is 3.72. The predicted octanol–water partition coefficient (Wildman–Crippen LogP) is 7.27. The average molecular weight is 599 g/mol. The highest BCUT2D eigenvalue weighted by Crippen LogP contribution is 2.37. The number of benzene rings is 4. The first-order valence-corrected chi connectivity index (χ1v) is 14.8. The number of carbonyl (C=O) groups is 3. The van der Waals surface area contributed by atoms with Crippen molar-refractivity contribution in [3.63, 3.8) is 0 Å². The van der Waals surface area contributed by atoms with E-state index in [4.69, 9.17) is 0 Å². The average Bonchev–Trinajstić information content (AvgIpc) is 3.05. The van der Waals surface area contributed by atoms with Crippen LogP contribution in [0.1, 0.15) is 32.3 Å². The Labute approximate surface area is 260 Å². The molecule has 4 aromatic carbocycles. The van der Waals surface area contributed by atoms with Crippen molar-refractivity contribution in [3.8, 4) is 0 Å². The summed E-state index contributed by atoms with van der Waals surface area (Å²) in [5.74, 6) is -0.635. The van der Waals surface area contributed by atoms with Gasteiger partial charge in [0.05, 0.1) is 0 Å². The fourth-order valence-electron chi connectivity index (χ4n) is 4.28. The first kappa shape index (κ1) is 30.0. The highest BCUT2D eigenvalue weighted by Gasteiger charge is 2.23. The lowest BCUT2D eigenvalue weighted by molar-refractivity contribution is -0.116. The number of anilines is 2. The molecule has 0 saturated heterocycles. The van der Waals surface area contributed by atoms with E-state index in [9.17, 15) is 14.4 Å². The van der Waals surface area contributed by atoms with Gasteiger partial charge in [0.25, 0.3) is 11.8 Å². The molecule has 3 N–H and O–H groups in total. The van der Waals surface area contributed by atoms with Crippen LogP contribution in [0.25, 0.3) is 6.08 Å². The summed E-state index contributed by atoms with van der Waals surface area (Å²) >= 11 is 1.36. The van der Waals surface area contributed by atoms with Gasteiger partial charge in [-0.1, -0.05) is 90.5 Å². The molecule has 0 spiro atoms. The Morgan fingerprint density at radius 1 is 0.750 bits per heavy atom. The third-order valence-electron chi connectivity index (χ3n) is 6.52.